The van der Waals surface area contributed by atoms with Crippen molar-refractivity contribution in [1.82, 2.24) is 0 Å². The van der Waals surface area contributed by atoms with Crippen LogP contribution < -0.4 is 0 Å². The molecule has 0 unspecified atom stereocenters. The maximum Gasteiger partial charge on any atom is 0.330 e. The molecule has 0 radical (unpaired) electrons. The molecule has 2 aliphatic heterocycles. The summed E-state index contributed by atoms with van der Waals surface area (Å²) in [5.74, 6) is -0.265. The average molecular weight is 216 g/mol. The first-order valence-electron chi connectivity index (χ1n) is 5.42. The zero-order chi connectivity index (χ0) is 11.0. The molecule has 1 aromatic carbocycles. The summed E-state index contributed by atoms with van der Waals surface area (Å²) in [7, 11) is 0. The Hall–Kier alpha value is -1.61. The Morgan fingerprint density at radius 3 is 2.75 bits per heavy atom. The minimum atomic E-state index is -0.265. The van der Waals surface area contributed by atoms with Gasteiger partial charge in [0.2, 0.25) is 0 Å². The lowest BCUT2D eigenvalue weighted by Gasteiger charge is -2.16. The highest BCUT2D eigenvalue weighted by Crippen LogP contribution is 2.43. The number of cyclic esters (lactones) is 1. The van der Waals surface area contributed by atoms with Crippen molar-refractivity contribution in [3.05, 3.63) is 48.0 Å². The fourth-order valence-corrected chi connectivity index (χ4v) is 2.05. The van der Waals surface area contributed by atoms with Crippen LogP contribution in [0.3, 0.4) is 0 Å². The van der Waals surface area contributed by atoms with E-state index in [1.54, 1.807) is 0 Å². The first kappa shape index (κ1) is 9.60. The van der Waals surface area contributed by atoms with E-state index >= 15 is 0 Å². The summed E-state index contributed by atoms with van der Waals surface area (Å²) in [4.78, 5) is 11.1. The number of hydrogen-bond donors (Lipinski definition) is 0. The van der Waals surface area contributed by atoms with Gasteiger partial charge >= 0.3 is 5.97 Å². The van der Waals surface area contributed by atoms with Crippen LogP contribution >= 0.6 is 0 Å². The second-order valence-electron chi connectivity index (χ2n) is 4.05. The summed E-state index contributed by atoms with van der Waals surface area (Å²) in [6.07, 6.45) is 4.06. The van der Waals surface area contributed by atoms with Gasteiger partial charge in [-0.1, -0.05) is 36.4 Å². The number of epoxide rings is 1. The molecule has 3 rings (SSSR count). The zero-order valence-corrected chi connectivity index (χ0v) is 8.71. The Labute approximate surface area is 93.7 Å². The Bertz CT molecular complexity index is 424. The molecule has 0 bridgehead atoms. The van der Waals surface area contributed by atoms with Gasteiger partial charge in [0.1, 0.15) is 18.3 Å². The van der Waals surface area contributed by atoms with Crippen molar-refractivity contribution in [3.8, 4) is 0 Å². The molecule has 0 spiro atoms. The van der Waals surface area contributed by atoms with Crippen molar-refractivity contribution in [3.63, 3.8) is 0 Å². The predicted molar refractivity (Wildman–Crippen MR) is 57.7 cm³/mol. The van der Waals surface area contributed by atoms with Gasteiger partial charge < -0.3 is 9.47 Å². The highest BCUT2D eigenvalue weighted by molar-refractivity contribution is 5.82. The summed E-state index contributed by atoms with van der Waals surface area (Å²) >= 11 is 0. The minimum Gasteiger partial charge on any atom is -0.456 e. The monoisotopic (exact) mass is 216 g/mol. The lowest BCUT2D eigenvalue weighted by molar-refractivity contribution is -0.145. The third kappa shape index (κ3) is 1.74. The molecule has 3 atom stereocenters. The molecule has 1 fully saturated rings. The molecule has 3 nitrogen and oxygen atoms in total. The molecule has 0 aromatic heterocycles. The van der Waals surface area contributed by atoms with Crippen LogP contribution in [0.5, 0.6) is 0 Å². The molecule has 82 valence electrons. The number of esters is 1. The van der Waals surface area contributed by atoms with Gasteiger partial charge in [0.15, 0.2) is 0 Å². The SMILES string of the molecule is O=C1C=CC[C@H]([C@@H]2O[C@H]2c2ccccc2)O1. The van der Waals surface area contributed by atoms with Gasteiger partial charge in [-0.05, 0) is 5.56 Å². The van der Waals surface area contributed by atoms with Crippen LogP contribution in [0.15, 0.2) is 42.5 Å². The molecule has 2 aliphatic rings. The molecular formula is C13H12O3. The van der Waals surface area contributed by atoms with Crippen LogP contribution in [0.1, 0.15) is 18.1 Å². The van der Waals surface area contributed by atoms with E-state index < -0.39 is 0 Å². The summed E-state index contributed by atoms with van der Waals surface area (Å²) in [5.41, 5.74) is 1.15. The maximum atomic E-state index is 11.1. The molecule has 2 heterocycles. The van der Waals surface area contributed by atoms with Crippen LogP contribution in [-0.4, -0.2) is 18.2 Å². The number of benzene rings is 1. The molecule has 0 saturated carbocycles. The average Bonchev–Trinajstić information content (AvgIpc) is 3.10. The molecule has 0 amide bonds. The molecule has 1 aromatic rings. The van der Waals surface area contributed by atoms with Crippen LogP contribution in [0, 0.1) is 0 Å². The third-order valence-corrected chi connectivity index (χ3v) is 2.91. The first-order chi connectivity index (χ1) is 7.84. The van der Waals surface area contributed by atoms with Crippen molar-refractivity contribution < 1.29 is 14.3 Å². The van der Waals surface area contributed by atoms with Crippen LogP contribution in [-0.2, 0) is 14.3 Å². The van der Waals surface area contributed by atoms with Gasteiger partial charge in [0.25, 0.3) is 0 Å². The second-order valence-corrected chi connectivity index (χ2v) is 4.05. The summed E-state index contributed by atoms with van der Waals surface area (Å²) in [6, 6.07) is 10.0. The van der Waals surface area contributed by atoms with Crippen LogP contribution in [0.25, 0.3) is 0 Å². The normalized spacial score (nSPS) is 32.2. The van der Waals surface area contributed by atoms with E-state index in [1.165, 1.54) is 6.08 Å². The van der Waals surface area contributed by atoms with Crippen molar-refractivity contribution in [2.75, 3.05) is 0 Å². The fourth-order valence-electron chi connectivity index (χ4n) is 2.05. The van der Waals surface area contributed by atoms with Crippen LogP contribution in [0.4, 0.5) is 0 Å². The summed E-state index contributed by atoms with van der Waals surface area (Å²) < 4.78 is 10.8. The molecule has 16 heavy (non-hydrogen) atoms. The smallest absolute Gasteiger partial charge is 0.330 e. The van der Waals surface area contributed by atoms with E-state index in [1.807, 2.05) is 36.4 Å². The van der Waals surface area contributed by atoms with E-state index in [-0.39, 0.29) is 24.3 Å². The van der Waals surface area contributed by atoms with E-state index in [4.69, 9.17) is 9.47 Å². The van der Waals surface area contributed by atoms with Gasteiger partial charge in [-0.15, -0.1) is 0 Å². The molecule has 0 aliphatic carbocycles. The minimum absolute atomic E-state index is 0.0244. The van der Waals surface area contributed by atoms with E-state index in [2.05, 4.69) is 0 Å². The van der Waals surface area contributed by atoms with Crippen molar-refractivity contribution in [2.24, 2.45) is 0 Å². The highest BCUT2D eigenvalue weighted by atomic mass is 16.6. The molecule has 3 heteroatoms. The second kappa shape index (κ2) is 3.76. The Kier molecular flexibility index (Phi) is 2.26. The van der Waals surface area contributed by atoms with Crippen molar-refractivity contribution >= 4 is 5.97 Å². The number of carbonyl (C=O) groups excluding carboxylic acids is 1. The number of hydrogen-bond acceptors (Lipinski definition) is 3. The first-order valence-corrected chi connectivity index (χ1v) is 5.42. The van der Waals surface area contributed by atoms with Gasteiger partial charge in [-0.25, -0.2) is 4.79 Å². The fraction of sp³-hybridized carbons (Fsp3) is 0.308. The summed E-state index contributed by atoms with van der Waals surface area (Å²) in [6.45, 7) is 0. The van der Waals surface area contributed by atoms with Crippen molar-refractivity contribution in [2.45, 2.75) is 24.7 Å². The Balaban J connectivity index is 1.68. The molecule has 1 saturated heterocycles. The highest BCUT2D eigenvalue weighted by Gasteiger charge is 2.47. The standard InChI is InChI=1S/C13H12O3/c14-11-8-4-7-10(15-11)13-12(16-13)9-5-2-1-3-6-9/h1-6,8,10,12-13H,7H2/t10-,12+,13+/m1/s1. The van der Waals surface area contributed by atoms with Gasteiger partial charge in [0.05, 0.1) is 0 Å². The largest absolute Gasteiger partial charge is 0.456 e. The zero-order valence-electron chi connectivity index (χ0n) is 8.71. The van der Waals surface area contributed by atoms with Crippen LogP contribution in [0.2, 0.25) is 0 Å². The molecule has 0 N–H and O–H groups in total. The van der Waals surface area contributed by atoms with E-state index in [9.17, 15) is 4.79 Å². The van der Waals surface area contributed by atoms with Crippen molar-refractivity contribution in [1.29, 1.82) is 0 Å². The Morgan fingerprint density at radius 2 is 2.00 bits per heavy atom. The quantitative estimate of drug-likeness (QED) is 0.560. The predicted octanol–water partition coefficient (Wildman–Crippen LogP) is 2.00. The van der Waals surface area contributed by atoms with E-state index in [0.717, 1.165) is 12.0 Å². The Morgan fingerprint density at radius 1 is 1.19 bits per heavy atom. The number of ether oxygens (including phenoxy) is 2. The lowest BCUT2D eigenvalue weighted by Crippen LogP contribution is -2.25. The number of rotatable bonds is 2. The third-order valence-electron chi connectivity index (χ3n) is 2.91. The lowest BCUT2D eigenvalue weighted by atomic mass is 10.0. The van der Waals surface area contributed by atoms with Gasteiger partial charge in [-0.2, -0.15) is 0 Å². The van der Waals surface area contributed by atoms with Gasteiger partial charge in [-0.3, -0.25) is 0 Å². The van der Waals surface area contributed by atoms with E-state index in [0.29, 0.717) is 0 Å². The number of carbonyl (C=O) groups is 1. The topological polar surface area (TPSA) is 38.8 Å². The molecular weight excluding hydrogens is 204 g/mol. The van der Waals surface area contributed by atoms with Gasteiger partial charge in [0, 0.05) is 12.5 Å². The maximum absolute atomic E-state index is 11.1. The summed E-state index contributed by atoms with van der Waals surface area (Å²) in [5, 5.41) is 0.